The lowest BCUT2D eigenvalue weighted by Crippen LogP contribution is -2.11. The van der Waals surface area contributed by atoms with Gasteiger partial charge in [-0.1, -0.05) is 5.21 Å². The molecule has 78 valence electrons. The number of rotatable bonds is 5. The molecule has 0 aliphatic rings. The van der Waals surface area contributed by atoms with Gasteiger partial charge in [-0.2, -0.15) is 0 Å². The average molecular weight is 199 g/mol. The molecule has 6 nitrogen and oxygen atoms in total. The van der Waals surface area contributed by atoms with Crippen LogP contribution in [0.4, 0.5) is 0 Å². The Hall–Kier alpha value is -1.43. The molecule has 0 atom stereocenters. The summed E-state index contributed by atoms with van der Waals surface area (Å²) in [6, 6.07) is 0. The van der Waals surface area contributed by atoms with Gasteiger partial charge in [0.2, 0.25) is 0 Å². The van der Waals surface area contributed by atoms with Crippen molar-refractivity contribution in [1.82, 2.24) is 15.0 Å². The maximum absolute atomic E-state index is 10.4. The second kappa shape index (κ2) is 4.71. The second-order valence-electron chi connectivity index (χ2n) is 2.81. The van der Waals surface area contributed by atoms with Crippen LogP contribution in [-0.4, -0.2) is 32.7 Å². The molecule has 0 saturated heterocycles. The first-order valence-corrected chi connectivity index (χ1v) is 4.33. The van der Waals surface area contributed by atoms with Crippen LogP contribution >= 0.6 is 0 Å². The number of carboxylic acid groups (broad SMARTS) is 1. The van der Waals surface area contributed by atoms with E-state index < -0.39 is 5.97 Å². The zero-order valence-corrected chi connectivity index (χ0v) is 8.23. The SMILES string of the molecule is CCOCc1nnn(CC(=O)O)c1C. The van der Waals surface area contributed by atoms with Gasteiger partial charge < -0.3 is 9.84 Å². The molecular formula is C8H13N3O3. The summed E-state index contributed by atoms with van der Waals surface area (Å²) in [7, 11) is 0. The third-order valence-electron chi connectivity index (χ3n) is 1.81. The van der Waals surface area contributed by atoms with Crippen molar-refractivity contribution >= 4 is 5.97 Å². The molecule has 6 heteroatoms. The maximum Gasteiger partial charge on any atom is 0.325 e. The quantitative estimate of drug-likeness (QED) is 0.733. The van der Waals surface area contributed by atoms with E-state index in [-0.39, 0.29) is 6.54 Å². The molecule has 0 aliphatic heterocycles. The highest BCUT2D eigenvalue weighted by atomic mass is 16.5. The molecule has 0 amide bonds. The molecule has 0 aliphatic carbocycles. The first kappa shape index (κ1) is 10.6. The number of aliphatic carboxylic acids is 1. The Morgan fingerprint density at radius 1 is 1.64 bits per heavy atom. The predicted octanol–water partition coefficient (Wildman–Crippen LogP) is 0.208. The highest BCUT2D eigenvalue weighted by Gasteiger charge is 2.10. The summed E-state index contributed by atoms with van der Waals surface area (Å²) in [5.41, 5.74) is 1.42. The largest absolute Gasteiger partial charge is 0.480 e. The summed E-state index contributed by atoms with van der Waals surface area (Å²) >= 11 is 0. The molecule has 1 heterocycles. The van der Waals surface area contributed by atoms with Crippen LogP contribution in [0.2, 0.25) is 0 Å². The fraction of sp³-hybridized carbons (Fsp3) is 0.625. The van der Waals surface area contributed by atoms with Crippen molar-refractivity contribution in [2.45, 2.75) is 27.0 Å². The molecule has 0 bridgehead atoms. The van der Waals surface area contributed by atoms with Gasteiger partial charge in [0.25, 0.3) is 0 Å². The highest BCUT2D eigenvalue weighted by Crippen LogP contribution is 2.04. The Morgan fingerprint density at radius 2 is 2.36 bits per heavy atom. The first-order chi connectivity index (χ1) is 6.65. The molecule has 14 heavy (non-hydrogen) atoms. The summed E-state index contributed by atoms with van der Waals surface area (Å²) in [5.74, 6) is -0.930. The number of ether oxygens (including phenoxy) is 1. The summed E-state index contributed by atoms with van der Waals surface area (Å²) in [6.45, 7) is 4.48. The van der Waals surface area contributed by atoms with E-state index in [4.69, 9.17) is 9.84 Å². The number of nitrogens with zero attached hydrogens (tertiary/aromatic N) is 3. The van der Waals surface area contributed by atoms with Gasteiger partial charge in [0.05, 0.1) is 12.3 Å². The van der Waals surface area contributed by atoms with Crippen molar-refractivity contribution < 1.29 is 14.6 Å². The van der Waals surface area contributed by atoms with E-state index in [0.717, 1.165) is 5.69 Å². The Kier molecular flexibility index (Phi) is 3.58. The minimum absolute atomic E-state index is 0.162. The van der Waals surface area contributed by atoms with Crippen molar-refractivity contribution in [2.75, 3.05) is 6.61 Å². The Bertz CT molecular complexity index is 322. The highest BCUT2D eigenvalue weighted by molar-refractivity contribution is 5.66. The summed E-state index contributed by atoms with van der Waals surface area (Å²) in [6.07, 6.45) is 0. The molecule has 0 spiro atoms. The smallest absolute Gasteiger partial charge is 0.325 e. The Labute approximate surface area is 81.5 Å². The van der Waals surface area contributed by atoms with Crippen LogP contribution < -0.4 is 0 Å². The van der Waals surface area contributed by atoms with Crippen LogP contribution in [0.5, 0.6) is 0 Å². The van der Waals surface area contributed by atoms with Gasteiger partial charge in [-0.25, -0.2) is 4.68 Å². The molecule has 1 rings (SSSR count). The normalized spacial score (nSPS) is 10.4. The molecule has 0 unspecified atom stereocenters. The lowest BCUT2D eigenvalue weighted by molar-refractivity contribution is -0.137. The van der Waals surface area contributed by atoms with E-state index >= 15 is 0 Å². The van der Waals surface area contributed by atoms with Crippen molar-refractivity contribution in [3.63, 3.8) is 0 Å². The number of carbonyl (C=O) groups is 1. The van der Waals surface area contributed by atoms with Gasteiger partial charge in [0.1, 0.15) is 12.2 Å². The van der Waals surface area contributed by atoms with Crippen LogP contribution in [0.3, 0.4) is 0 Å². The van der Waals surface area contributed by atoms with Crippen LogP contribution in [0.15, 0.2) is 0 Å². The van der Waals surface area contributed by atoms with E-state index in [1.165, 1.54) is 4.68 Å². The third kappa shape index (κ3) is 2.53. The lowest BCUT2D eigenvalue weighted by Gasteiger charge is -2.00. The zero-order chi connectivity index (χ0) is 10.6. The van der Waals surface area contributed by atoms with Crippen molar-refractivity contribution in [2.24, 2.45) is 0 Å². The lowest BCUT2D eigenvalue weighted by atomic mass is 10.3. The number of aromatic nitrogens is 3. The van der Waals surface area contributed by atoms with E-state index in [2.05, 4.69) is 10.3 Å². The number of hydrogen-bond acceptors (Lipinski definition) is 4. The third-order valence-corrected chi connectivity index (χ3v) is 1.81. The fourth-order valence-corrected chi connectivity index (χ4v) is 1.01. The standard InChI is InChI=1S/C8H13N3O3/c1-3-14-5-7-6(2)11(10-9-7)4-8(12)13/h3-5H2,1-2H3,(H,12,13). The van der Waals surface area contributed by atoms with Crippen molar-refractivity contribution in [1.29, 1.82) is 0 Å². The van der Waals surface area contributed by atoms with E-state index in [0.29, 0.717) is 18.9 Å². The van der Waals surface area contributed by atoms with E-state index in [1.54, 1.807) is 6.92 Å². The average Bonchev–Trinajstić information content (AvgIpc) is 2.45. The van der Waals surface area contributed by atoms with Gasteiger partial charge in [-0.3, -0.25) is 4.79 Å². The van der Waals surface area contributed by atoms with Crippen molar-refractivity contribution in [3.8, 4) is 0 Å². The molecule has 0 fully saturated rings. The minimum Gasteiger partial charge on any atom is -0.480 e. The van der Waals surface area contributed by atoms with Gasteiger partial charge >= 0.3 is 5.97 Å². The molecule has 0 saturated carbocycles. The van der Waals surface area contributed by atoms with Crippen LogP contribution in [-0.2, 0) is 22.7 Å². The number of carboxylic acids is 1. The monoisotopic (exact) mass is 199 g/mol. The minimum atomic E-state index is -0.930. The Balaban J connectivity index is 2.69. The molecule has 1 aromatic heterocycles. The topological polar surface area (TPSA) is 77.2 Å². The van der Waals surface area contributed by atoms with E-state index in [9.17, 15) is 4.79 Å². The molecular weight excluding hydrogens is 186 g/mol. The van der Waals surface area contributed by atoms with E-state index in [1.807, 2.05) is 6.92 Å². The van der Waals surface area contributed by atoms with Crippen LogP contribution in [0.1, 0.15) is 18.3 Å². The van der Waals surface area contributed by atoms with Crippen LogP contribution in [0.25, 0.3) is 0 Å². The molecule has 0 aromatic carbocycles. The molecule has 1 N–H and O–H groups in total. The first-order valence-electron chi connectivity index (χ1n) is 4.33. The summed E-state index contributed by atoms with van der Waals surface area (Å²) in [4.78, 5) is 10.4. The summed E-state index contributed by atoms with van der Waals surface area (Å²) in [5, 5.41) is 16.1. The maximum atomic E-state index is 10.4. The van der Waals surface area contributed by atoms with Gasteiger partial charge in [-0.05, 0) is 13.8 Å². The zero-order valence-electron chi connectivity index (χ0n) is 8.23. The molecule has 1 aromatic rings. The van der Waals surface area contributed by atoms with Gasteiger partial charge in [0.15, 0.2) is 0 Å². The Morgan fingerprint density at radius 3 is 2.93 bits per heavy atom. The van der Waals surface area contributed by atoms with Crippen molar-refractivity contribution in [3.05, 3.63) is 11.4 Å². The van der Waals surface area contributed by atoms with Gasteiger partial charge in [-0.15, -0.1) is 5.10 Å². The molecule has 0 radical (unpaired) electrons. The predicted molar refractivity (Wildman–Crippen MR) is 47.7 cm³/mol. The number of hydrogen-bond donors (Lipinski definition) is 1. The van der Waals surface area contributed by atoms with Gasteiger partial charge in [0, 0.05) is 6.61 Å². The second-order valence-corrected chi connectivity index (χ2v) is 2.81. The fourth-order valence-electron chi connectivity index (χ4n) is 1.01. The summed E-state index contributed by atoms with van der Waals surface area (Å²) < 4.78 is 6.50. The van der Waals surface area contributed by atoms with Crippen LogP contribution in [0, 0.1) is 6.92 Å².